The molecule has 6 heteroatoms. The molecule has 0 aromatic rings. The molecule has 126 valence electrons. The van der Waals surface area contributed by atoms with Crippen LogP contribution in [0.4, 0.5) is 0 Å². The van der Waals surface area contributed by atoms with Crippen LogP contribution < -0.4 is 5.73 Å². The van der Waals surface area contributed by atoms with E-state index in [1.807, 2.05) is 9.80 Å². The maximum absolute atomic E-state index is 12.8. The fourth-order valence-electron chi connectivity index (χ4n) is 3.55. The molecule has 0 aromatic carbocycles. The fraction of sp³-hybridized carbons (Fsp3) is 0.875. The lowest BCUT2D eigenvalue weighted by Gasteiger charge is -2.46. The molecule has 0 aromatic heterocycles. The fourth-order valence-corrected chi connectivity index (χ4v) is 3.55. The van der Waals surface area contributed by atoms with Crippen LogP contribution in [0.5, 0.6) is 0 Å². The molecule has 2 amide bonds. The first-order valence-electron chi connectivity index (χ1n) is 8.44. The normalized spacial score (nSPS) is 32.4. The van der Waals surface area contributed by atoms with Crippen molar-refractivity contribution in [2.24, 2.45) is 5.73 Å². The Balaban J connectivity index is 2.08. The number of piperazine rings is 1. The second-order valence-electron chi connectivity index (χ2n) is 6.35. The highest BCUT2D eigenvalue weighted by Gasteiger charge is 2.40. The minimum atomic E-state index is -0.357. The summed E-state index contributed by atoms with van der Waals surface area (Å²) in [5.74, 6) is 0.169. The summed E-state index contributed by atoms with van der Waals surface area (Å²) in [4.78, 5) is 28.5. The van der Waals surface area contributed by atoms with Gasteiger partial charge in [-0.05, 0) is 25.7 Å². The van der Waals surface area contributed by atoms with E-state index in [1.54, 1.807) is 6.92 Å². The number of hydrogen-bond acceptors (Lipinski definition) is 4. The Morgan fingerprint density at radius 1 is 1.09 bits per heavy atom. The van der Waals surface area contributed by atoms with Crippen molar-refractivity contribution in [1.82, 2.24) is 9.80 Å². The minimum Gasteiger partial charge on any atom is -0.364 e. The molecule has 0 saturated carbocycles. The van der Waals surface area contributed by atoms with Crippen LogP contribution >= 0.6 is 0 Å². The Kier molecular flexibility index (Phi) is 5.81. The Morgan fingerprint density at radius 3 is 2.18 bits per heavy atom. The van der Waals surface area contributed by atoms with E-state index >= 15 is 0 Å². The summed E-state index contributed by atoms with van der Waals surface area (Å²) in [6.45, 7) is 7.44. The van der Waals surface area contributed by atoms with Crippen LogP contribution in [0.25, 0.3) is 0 Å². The molecule has 2 fully saturated rings. The van der Waals surface area contributed by atoms with Gasteiger partial charge in [-0.1, -0.05) is 13.8 Å². The monoisotopic (exact) mass is 311 g/mol. The van der Waals surface area contributed by atoms with Gasteiger partial charge in [0.25, 0.3) is 5.91 Å². The Morgan fingerprint density at radius 2 is 1.68 bits per heavy atom. The molecule has 0 bridgehead atoms. The summed E-state index contributed by atoms with van der Waals surface area (Å²) in [5, 5.41) is 0. The summed E-state index contributed by atoms with van der Waals surface area (Å²) < 4.78 is 5.76. The molecule has 22 heavy (non-hydrogen) atoms. The number of carbonyl (C=O) groups is 2. The van der Waals surface area contributed by atoms with Crippen molar-refractivity contribution in [2.75, 3.05) is 19.6 Å². The second-order valence-corrected chi connectivity index (χ2v) is 6.35. The molecular weight excluding hydrogens is 282 g/mol. The van der Waals surface area contributed by atoms with Gasteiger partial charge in [0.15, 0.2) is 0 Å². The second kappa shape index (κ2) is 7.42. The number of ether oxygens (including phenoxy) is 1. The Bertz CT molecular complexity index is 415. The first-order valence-corrected chi connectivity index (χ1v) is 8.44. The van der Waals surface area contributed by atoms with Crippen LogP contribution in [-0.2, 0) is 14.3 Å². The number of hydrogen-bond donors (Lipinski definition) is 1. The van der Waals surface area contributed by atoms with Crippen molar-refractivity contribution in [1.29, 1.82) is 0 Å². The average Bonchev–Trinajstić information content (AvgIpc) is 3.01. The topological polar surface area (TPSA) is 75.9 Å². The zero-order chi connectivity index (χ0) is 16.3. The van der Waals surface area contributed by atoms with Crippen molar-refractivity contribution in [3.8, 4) is 0 Å². The Hall–Kier alpha value is -1.14. The van der Waals surface area contributed by atoms with Gasteiger partial charge >= 0.3 is 0 Å². The van der Waals surface area contributed by atoms with Gasteiger partial charge in [0.2, 0.25) is 5.91 Å². The summed E-state index contributed by atoms with van der Waals surface area (Å²) in [6.07, 6.45) is 2.96. The highest BCUT2D eigenvalue weighted by Crippen LogP contribution is 2.26. The highest BCUT2D eigenvalue weighted by molar-refractivity contribution is 5.82. The third kappa shape index (κ3) is 3.43. The molecule has 0 spiro atoms. The first-order chi connectivity index (χ1) is 10.5. The van der Waals surface area contributed by atoms with Gasteiger partial charge in [0.05, 0.1) is 6.10 Å². The quantitative estimate of drug-likeness (QED) is 0.831. The van der Waals surface area contributed by atoms with E-state index in [0.29, 0.717) is 19.6 Å². The van der Waals surface area contributed by atoms with E-state index in [1.165, 1.54) is 0 Å². The van der Waals surface area contributed by atoms with Crippen molar-refractivity contribution >= 4 is 11.8 Å². The summed E-state index contributed by atoms with van der Waals surface area (Å²) in [6, 6.07) is 0.190. The Labute approximate surface area is 132 Å². The van der Waals surface area contributed by atoms with Crippen LogP contribution in [0.3, 0.4) is 0 Å². The van der Waals surface area contributed by atoms with Gasteiger partial charge in [-0.25, -0.2) is 0 Å². The van der Waals surface area contributed by atoms with Gasteiger partial charge in [-0.15, -0.1) is 0 Å². The molecule has 2 unspecified atom stereocenters. The van der Waals surface area contributed by atoms with Crippen LogP contribution in [0.1, 0.15) is 46.5 Å². The SMILES string of the molecule is CCC1CN(C(=O)[C@@H]2CC[C@H](CN)O2)C(CC)CN1C(C)=O. The van der Waals surface area contributed by atoms with E-state index in [-0.39, 0.29) is 36.1 Å². The van der Waals surface area contributed by atoms with Gasteiger partial charge in [-0.2, -0.15) is 0 Å². The molecule has 2 heterocycles. The number of amides is 2. The molecule has 0 radical (unpaired) electrons. The van der Waals surface area contributed by atoms with E-state index in [0.717, 1.165) is 25.7 Å². The molecule has 2 N–H and O–H groups in total. The van der Waals surface area contributed by atoms with Crippen molar-refractivity contribution < 1.29 is 14.3 Å². The largest absolute Gasteiger partial charge is 0.364 e. The van der Waals surface area contributed by atoms with Crippen molar-refractivity contribution in [2.45, 2.75) is 70.7 Å². The summed E-state index contributed by atoms with van der Waals surface area (Å²) in [7, 11) is 0. The molecular formula is C16H29N3O3. The third-order valence-corrected chi connectivity index (χ3v) is 4.97. The molecule has 4 atom stereocenters. The van der Waals surface area contributed by atoms with Crippen molar-refractivity contribution in [3.05, 3.63) is 0 Å². The highest BCUT2D eigenvalue weighted by atomic mass is 16.5. The molecule has 2 saturated heterocycles. The van der Waals surface area contributed by atoms with Gasteiger partial charge in [-0.3, -0.25) is 9.59 Å². The van der Waals surface area contributed by atoms with Crippen LogP contribution in [-0.4, -0.2) is 65.5 Å². The number of nitrogens with zero attached hydrogens (tertiary/aromatic N) is 2. The van der Waals surface area contributed by atoms with Crippen LogP contribution in [0.15, 0.2) is 0 Å². The minimum absolute atomic E-state index is 0.00880. The number of carbonyl (C=O) groups excluding carboxylic acids is 2. The lowest BCUT2D eigenvalue weighted by atomic mass is 10.0. The zero-order valence-electron chi connectivity index (χ0n) is 14.0. The summed E-state index contributed by atoms with van der Waals surface area (Å²) >= 11 is 0. The maximum atomic E-state index is 12.8. The standard InChI is InChI=1S/C16H29N3O3/c1-4-12-10-19(13(5-2)9-18(12)11(3)20)16(21)15-7-6-14(8-17)22-15/h12-15H,4-10,17H2,1-3H3/t12?,13?,14-,15+/m1/s1. The number of rotatable bonds is 4. The van der Waals surface area contributed by atoms with Crippen LogP contribution in [0.2, 0.25) is 0 Å². The van der Waals surface area contributed by atoms with E-state index in [9.17, 15) is 9.59 Å². The van der Waals surface area contributed by atoms with E-state index < -0.39 is 0 Å². The molecule has 2 aliphatic heterocycles. The van der Waals surface area contributed by atoms with Gasteiger partial charge in [0, 0.05) is 38.6 Å². The smallest absolute Gasteiger partial charge is 0.252 e. The van der Waals surface area contributed by atoms with Gasteiger partial charge in [0.1, 0.15) is 6.10 Å². The maximum Gasteiger partial charge on any atom is 0.252 e. The summed E-state index contributed by atoms with van der Waals surface area (Å²) in [5.41, 5.74) is 5.63. The lowest BCUT2D eigenvalue weighted by Crippen LogP contribution is -2.62. The lowest BCUT2D eigenvalue weighted by molar-refractivity contribution is -0.153. The average molecular weight is 311 g/mol. The van der Waals surface area contributed by atoms with Crippen molar-refractivity contribution in [3.63, 3.8) is 0 Å². The third-order valence-electron chi connectivity index (χ3n) is 4.97. The molecule has 6 nitrogen and oxygen atoms in total. The predicted molar refractivity (Wildman–Crippen MR) is 84.2 cm³/mol. The molecule has 2 aliphatic rings. The number of nitrogens with two attached hydrogens (primary N) is 1. The van der Waals surface area contributed by atoms with Crippen LogP contribution in [0, 0.1) is 0 Å². The van der Waals surface area contributed by atoms with E-state index in [4.69, 9.17) is 10.5 Å². The molecule has 0 aliphatic carbocycles. The van der Waals surface area contributed by atoms with Gasteiger partial charge < -0.3 is 20.3 Å². The zero-order valence-corrected chi connectivity index (χ0v) is 14.0. The molecule has 2 rings (SSSR count). The van der Waals surface area contributed by atoms with E-state index in [2.05, 4.69) is 13.8 Å². The predicted octanol–water partition coefficient (Wildman–Crippen LogP) is 0.741. The first kappa shape index (κ1) is 17.2.